The Bertz CT molecular complexity index is 680. The average molecular weight is 489 g/mol. The van der Waals surface area contributed by atoms with E-state index in [-0.39, 0.29) is 24.0 Å². The largest absolute Gasteiger partial charge is 0.493 e. The SMILES string of the molecule is CCNC(=NCc1cc(OC)c(OC)c(OC)c1)NCCc1ccco1.I. The molecule has 0 saturated heterocycles. The molecule has 2 aromatic rings. The Balaban J connectivity index is 0.00000364. The summed E-state index contributed by atoms with van der Waals surface area (Å²) >= 11 is 0. The number of benzene rings is 1. The van der Waals surface area contributed by atoms with Gasteiger partial charge in [-0.2, -0.15) is 0 Å². The maximum atomic E-state index is 5.38. The summed E-state index contributed by atoms with van der Waals surface area (Å²) in [6.07, 6.45) is 2.47. The first-order chi connectivity index (χ1) is 12.7. The molecule has 0 aliphatic heterocycles. The zero-order chi connectivity index (χ0) is 18.8. The van der Waals surface area contributed by atoms with Crippen LogP contribution in [-0.4, -0.2) is 40.4 Å². The van der Waals surface area contributed by atoms with Crippen molar-refractivity contribution in [2.75, 3.05) is 34.4 Å². The number of methoxy groups -OCH3 is 3. The van der Waals surface area contributed by atoms with E-state index in [0.717, 1.165) is 36.8 Å². The second-order valence-corrected chi connectivity index (χ2v) is 5.48. The summed E-state index contributed by atoms with van der Waals surface area (Å²) in [4.78, 5) is 4.62. The van der Waals surface area contributed by atoms with E-state index in [1.54, 1.807) is 27.6 Å². The number of aliphatic imine (C=N–C) groups is 1. The quantitative estimate of drug-likeness (QED) is 0.320. The fraction of sp³-hybridized carbons (Fsp3) is 0.421. The molecule has 1 heterocycles. The number of guanidine groups is 1. The average Bonchev–Trinajstić information content (AvgIpc) is 3.18. The Morgan fingerprint density at radius 2 is 1.78 bits per heavy atom. The Morgan fingerprint density at radius 3 is 2.30 bits per heavy atom. The van der Waals surface area contributed by atoms with Crippen LogP contribution in [0.25, 0.3) is 0 Å². The lowest BCUT2D eigenvalue weighted by atomic mass is 10.2. The molecule has 0 aliphatic rings. The molecule has 7 nitrogen and oxygen atoms in total. The van der Waals surface area contributed by atoms with Crippen molar-refractivity contribution in [2.24, 2.45) is 4.99 Å². The van der Waals surface area contributed by atoms with Crippen LogP contribution in [0, 0.1) is 0 Å². The van der Waals surface area contributed by atoms with E-state index in [4.69, 9.17) is 18.6 Å². The van der Waals surface area contributed by atoms with Gasteiger partial charge < -0.3 is 29.3 Å². The minimum absolute atomic E-state index is 0. The van der Waals surface area contributed by atoms with Crippen molar-refractivity contribution < 1.29 is 18.6 Å². The van der Waals surface area contributed by atoms with Crippen LogP contribution < -0.4 is 24.8 Å². The minimum Gasteiger partial charge on any atom is -0.493 e. The molecule has 0 unspecified atom stereocenters. The molecular formula is C19H28IN3O4. The van der Waals surface area contributed by atoms with Crippen LogP contribution in [0.5, 0.6) is 17.2 Å². The van der Waals surface area contributed by atoms with Crippen molar-refractivity contribution in [3.63, 3.8) is 0 Å². The van der Waals surface area contributed by atoms with Gasteiger partial charge in [0, 0.05) is 19.5 Å². The van der Waals surface area contributed by atoms with Gasteiger partial charge in [-0.3, -0.25) is 0 Å². The summed E-state index contributed by atoms with van der Waals surface area (Å²) in [6, 6.07) is 7.65. The van der Waals surface area contributed by atoms with E-state index in [1.807, 2.05) is 31.2 Å². The van der Waals surface area contributed by atoms with Crippen LogP contribution in [0.2, 0.25) is 0 Å². The topological polar surface area (TPSA) is 77.3 Å². The highest BCUT2D eigenvalue weighted by Gasteiger charge is 2.13. The molecule has 0 amide bonds. The second-order valence-electron chi connectivity index (χ2n) is 5.48. The molecule has 0 bridgehead atoms. The van der Waals surface area contributed by atoms with Gasteiger partial charge in [0.15, 0.2) is 17.5 Å². The minimum atomic E-state index is 0. The van der Waals surface area contributed by atoms with Gasteiger partial charge in [-0.15, -0.1) is 24.0 Å². The van der Waals surface area contributed by atoms with Crippen LogP contribution in [0.3, 0.4) is 0 Å². The Morgan fingerprint density at radius 1 is 1.07 bits per heavy atom. The monoisotopic (exact) mass is 489 g/mol. The van der Waals surface area contributed by atoms with Crippen LogP contribution in [0.15, 0.2) is 39.9 Å². The molecule has 2 N–H and O–H groups in total. The van der Waals surface area contributed by atoms with Crippen LogP contribution >= 0.6 is 24.0 Å². The molecule has 1 aromatic heterocycles. The van der Waals surface area contributed by atoms with E-state index < -0.39 is 0 Å². The number of hydrogen-bond acceptors (Lipinski definition) is 5. The van der Waals surface area contributed by atoms with E-state index in [2.05, 4.69) is 15.6 Å². The Labute approximate surface area is 177 Å². The van der Waals surface area contributed by atoms with E-state index in [1.165, 1.54) is 0 Å². The summed E-state index contributed by atoms with van der Waals surface area (Å²) in [7, 11) is 4.79. The molecule has 0 fully saturated rings. The summed E-state index contributed by atoms with van der Waals surface area (Å²) in [6.45, 7) is 4.02. The number of hydrogen-bond donors (Lipinski definition) is 2. The van der Waals surface area contributed by atoms with Crippen molar-refractivity contribution in [1.29, 1.82) is 0 Å². The predicted molar refractivity (Wildman–Crippen MR) is 117 cm³/mol. The van der Waals surface area contributed by atoms with Crippen molar-refractivity contribution >= 4 is 29.9 Å². The molecule has 2 rings (SSSR count). The molecule has 0 aliphatic carbocycles. The van der Waals surface area contributed by atoms with Gasteiger partial charge in [0.05, 0.1) is 34.1 Å². The third-order valence-corrected chi connectivity index (χ3v) is 3.73. The summed E-state index contributed by atoms with van der Waals surface area (Å²) in [5.74, 6) is 3.50. The molecule has 0 atom stereocenters. The van der Waals surface area contributed by atoms with E-state index in [0.29, 0.717) is 23.8 Å². The first-order valence-corrected chi connectivity index (χ1v) is 8.55. The molecule has 0 saturated carbocycles. The molecular weight excluding hydrogens is 461 g/mol. The number of ether oxygens (including phenoxy) is 3. The lowest BCUT2D eigenvalue weighted by molar-refractivity contribution is 0.324. The normalized spacial score (nSPS) is 10.7. The highest BCUT2D eigenvalue weighted by atomic mass is 127. The smallest absolute Gasteiger partial charge is 0.203 e. The molecule has 27 heavy (non-hydrogen) atoms. The van der Waals surface area contributed by atoms with Crippen LogP contribution in [0.1, 0.15) is 18.2 Å². The van der Waals surface area contributed by atoms with Crippen LogP contribution in [0.4, 0.5) is 0 Å². The number of halogens is 1. The second kappa shape index (κ2) is 12.3. The number of rotatable bonds is 9. The standard InChI is InChI=1S/C19H27N3O4.HI/c1-5-20-19(21-9-8-15-7-6-10-26-15)22-13-14-11-16(23-2)18(25-4)17(12-14)24-3;/h6-7,10-12H,5,8-9,13H2,1-4H3,(H2,20,21,22);1H. The highest BCUT2D eigenvalue weighted by Crippen LogP contribution is 2.38. The van der Waals surface area contributed by atoms with E-state index in [9.17, 15) is 0 Å². The van der Waals surface area contributed by atoms with Crippen molar-refractivity contribution in [2.45, 2.75) is 19.9 Å². The predicted octanol–water partition coefficient (Wildman–Crippen LogP) is 3.22. The zero-order valence-electron chi connectivity index (χ0n) is 16.2. The van der Waals surface area contributed by atoms with Crippen molar-refractivity contribution in [3.8, 4) is 17.2 Å². The number of furan rings is 1. The van der Waals surface area contributed by atoms with Crippen molar-refractivity contribution in [1.82, 2.24) is 10.6 Å². The lowest BCUT2D eigenvalue weighted by Gasteiger charge is -2.14. The Hall–Kier alpha value is -2.10. The fourth-order valence-electron chi connectivity index (χ4n) is 2.50. The van der Waals surface area contributed by atoms with E-state index >= 15 is 0 Å². The molecule has 8 heteroatoms. The first-order valence-electron chi connectivity index (χ1n) is 8.55. The van der Waals surface area contributed by atoms with Gasteiger partial charge in [-0.1, -0.05) is 0 Å². The fourth-order valence-corrected chi connectivity index (χ4v) is 2.50. The van der Waals surface area contributed by atoms with Gasteiger partial charge in [0.2, 0.25) is 5.75 Å². The summed E-state index contributed by atoms with van der Waals surface area (Å²) in [5.41, 5.74) is 0.961. The maximum Gasteiger partial charge on any atom is 0.203 e. The Kier molecular flexibility index (Phi) is 10.5. The molecule has 150 valence electrons. The third kappa shape index (κ3) is 6.85. The summed E-state index contributed by atoms with van der Waals surface area (Å²) in [5, 5.41) is 6.53. The van der Waals surface area contributed by atoms with Gasteiger partial charge in [0.25, 0.3) is 0 Å². The van der Waals surface area contributed by atoms with Crippen LogP contribution in [-0.2, 0) is 13.0 Å². The zero-order valence-corrected chi connectivity index (χ0v) is 18.5. The summed E-state index contributed by atoms with van der Waals surface area (Å²) < 4.78 is 21.5. The molecule has 0 radical (unpaired) electrons. The third-order valence-electron chi connectivity index (χ3n) is 3.73. The van der Waals surface area contributed by atoms with Gasteiger partial charge in [-0.25, -0.2) is 4.99 Å². The highest BCUT2D eigenvalue weighted by molar-refractivity contribution is 14.0. The number of nitrogens with one attached hydrogen (secondary N) is 2. The van der Waals surface area contributed by atoms with Crippen molar-refractivity contribution in [3.05, 3.63) is 41.9 Å². The van der Waals surface area contributed by atoms with Gasteiger partial charge in [-0.05, 0) is 36.8 Å². The lowest BCUT2D eigenvalue weighted by Crippen LogP contribution is -2.38. The maximum absolute atomic E-state index is 5.38. The van der Waals surface area contributed by atoms with Gasteiger partial charge >= 0.3 is 0 Å². The first kappa shape index (κ1) is 22.9. The number of nitrogens with zero attached hydrogens (tertiary/aromatic N) is 1. The van der Waals surface area contributed by atoms with Gasteiger partial charge in [0.1, 0.15) is 5.76 Å². The molecule has 1 aromatic carbocycles. The molecule has 0 spiro atoms.